The van der Waals surface area contributed by atoms with Gasteiger partial charge in [-0.15, -0.1) is 0 Å². The molecule has 170 valence electrons. The summed E-state index contributed by atoms with van der Waals surface area (Å²) in [5.41, 5.74) is 3.14. The average molecular weight is 461 g/mol. The van der Waals surface area contributed by atoms with Crippen molar-refractivity contribution in [1.29, 1.82) is 0 Å². The van der Waals surface area contributed by atoms with E-state index >= 15 is 4.39 Å². The van der Waals surface area contributed by atoms with Crippen molar-refractivity contribution in [3.8, 4) is 17.1 Å². The lowest BCUT2D eigenvalue weighted by molar-refractivity contribution is -0.109. The van der Waals surface area contributed by atoms with Crippen molar-refractivity contribution < 1.29 is 18.7 Å². The minimum Gasteiger partial charge on any atom is -0.481 e. The molecule has 1 saturated heterocycles. The monoisotopic (exact) mass is 460 g/mol. The number of halogens is 2. The molecule has 9 heteroatoms. The Balaban J connectivity index is 1.89. The van der Waals surface area contributed by atoms with Crippen LogP contribution >= 0.6 is 11.6 Å². The summed E-state index contributed by atoms with van der Waals surface area (Å²) in [6.07, 6.45) is 0.498. The molecule has 3 aromatic rings. The molecular formula is C23H26ClFN4O3. The van der Waals surface area contributed by atoms with Crippen molar-refractivity contribution in [1.82, 2.24) is 14.5 Å². The van der Waals surface area contributed by atoms with Gasteiger partial charge in [0.2, 0.25) is 0 Å². The van der Waals surface area contributed by atoms with E-state index in [1.807, 2.05) is 29.7 Å². The number of hydrogen-bond acceptors (Lipinski definition) is 6. The number of nitrogens with one attached hydrogen (secondary N) is 1. The van der Waals surface area contributed by atoms with Gasteiger partial charge in [-0.2, -0.15) is 0 Å². The Morgan fingerprint density at radius 1 is 1.41 bits per heavy atom. The second-order valence-electron chi connectivity index (χ2n) is 7.94. The van der Waals surface area contributed by atoms with Crippen LogP contribution in [-0.4, -0.2) is 67.2 Å². The summed E-state index contributed by atoms with van der Waals surface area (Å²) in [4.78, 5) is 17.8. The van der Waals surface area contributed by atoms with Crippen LogP contribution in [0.2, 0.25) is 5.02 Å². The highest BCUT2D eigenvalue weighted by atomic mass is 35.5. The van der Waals surface area contributed by atoms with E-state index in [9.17, 15) is 4.79 Å². The molecule has 0 aliphatic carbocycles. The smallest absolute Gasteiger partial charge is 0.179 e. The Hall–Kier alpha value is -2.68. The molecule has 1 aliphatic rings. The lowest BCUT2D eigenvalue weighted by atomic mass is 10.1. The number of anilines is 1. The number of morpholine rings is 1. The summed E-state index contributed by atoms with van der Waals surface area (Å²) in [6.45, 7) is 4.47. The zero-order valence-electron chi connectivity index (χ0n) is 18.3. The van der Waals surface area contributed by atoms with E-state index in [4.69, 9.17) is 26.1 Å². The van der Waals surface area contributed by atoms with Gasteiger partial charge in [0.15, 0.2) is 17.9 Å². The fourth-order valence-corrected chi connectivity index (χ4v) is 4.32. The summed E-state index contributed by atoms with van der Waals surface area (Å²) < 4.78 is 29.1. The molecule has 1 atom stereocenters. The van der Waals surface area contributed by atoms with Gasteiger partial charge in [-0.25, -0.2) is 9.37 Å². The van der Waals surface area contributed by atoms with Crippen LogP contribution in [0.1, 0.15) is 5.56 Å². The van der Waals surface area contributed by atoms with E-state index in [-0.39, 0.29) is 29.0 Å². The fraction of sp³-hybridized carbons (Fsp3) is 0.391. The van der Waals surface area contributed by atoms with Crippen LogP contribution in [0.15, 0.2) is 24.3 Å². The number of aldehydes is 1. The Labute approximate surface area is 191 Å². The van der Waals surface area contributed by atoms with Gasteiger partial charge in [0.05, 0.1) is 46.6 Å². The lowest BCUT2D eigenvalue weighted by Crippen LogP contribution is -2.42. The summed E-state index contributed by atoms with van der Waals surface area (Å²) in [6, 6.07) is 7.52. The van der Waals surface area contributed by atoms with Gasteiger partial charge in [-0.05, 0) is 37.7 Å². The summed E-state index contributed by atoms with van der Waals surface area (Å²) in [5.74, 6) is -0.343. The molecule has 1 N–H and O–H groups in total. The molecule has 0 radical (unpaired) electrons. The number of nitrogens with zero attached hydrogens (tertiary/aromatic N) is 3. The summed E-state index contributed by atoms with van der Waals surface area (Å²) >= 11 is 6.55. The van der Waals surface area contributed by atoms with Gasteiger partial charge < -0.3 is 24.3 Å². The van der Waals surface area contributed by atoms with Crippen molar-refractivity contribution in [2.45, 2.75) is 19.6 Å². The van der Waals surface area contributed by atoms with Gasteiger partial charge in [0.1, 0.15) is 12.4 Å². The van der Waals surface area contributed by atoms with Crippen LogP contribution in [-0.2, 0) is 16.1 Å². The summed E-state index contributed by atoms with van der Waals surface area (Å²) in [5, 5.41) is 3.06. The molecular weight excluding hydrogens is 435 g/mol. The largest absolute Gasteiger partial charge is 0.481 e. The Morgan fingerprint density at radius 3 is 2.94 bits per heavy atom. The average Bonchev–Trinajstić information content (AvgIpc) is 3.09. The van der Waals surface area contributed by atoms with E-state index in [1.165, 1.54) is 0 Å². The molecule has 1 aromatic heterocycles. The number of likely N-dealkylation sites (N-methyl/N-ethyl adjacent to an activating group) is 1. The highest BCUT2D eigenvalue weighted by Crippen LogP contribution is 2.41. The standard InChI is InChI=1S/C23H26ClFN4O3/c1-14-4-5-19-17(10-14)27-23(29(19)13-15-12-28(3)6-8-31-15)20-16(24)11-18(26-2)22(21(20)25)32-9-7-30/h4-5,7,10-11,15,26H,6,8-9,12-13H2,1-3H3. The molecule has 7 nitrogen and oxygen atoms in total. The van der Waals surface area contributed by atoms with Crippen LogP contribution in [0.5, 0.6) is 5.75 Å². The van der Waals surface area contributed by atoms with Crippen molar-refractivity contribution in [2.24, 2.45) is 0 Å². The number of hydrogen-bond donors (Lipinski definition) is 1. The Kier molecular flexibility index (Phi) is 6.64. The van der Waals surface area contributed by atoms with Crippen molar-refractivity contribution in [3.05, 3.63) is 40.7 Å². The normalized spacial score (nSPS) is 17.0. The quantitative estimate of drug-likeness (QED) is 0.541. The van der Waals surface area contributed by atoms with Crippen molar-refractivity contribution in [3.63, 3.8) is 0 Å². The maximum absolute atomic E-state index is 15.8. The maximum Gasteiger partial charge on any atom is 0.179 e. The predicted octanol–water partition coefficient (Wildman–Crippen LogP) is 3.75. The number of fused-ring (bicyclic) bond motifs is 1. The van der Waals surface area contributed by atoms with Gasteiger partial charge in [-0.3, -0.25) is 4.79 Å². The first kappa shape index (κ1) is 22.5. The van der Waals surface area contributed by atoms with Crippen LogP contribution < -0.4 is 10.1 Å². The second kappa shape index (κ2) is 9.44. The van der Waals surface area contributed by atoms with E-state index in [0.717, 1.165) is 29.7 Å². The molecule has 0 amide bonds. The predicted molar refractivity (Wildman–Crippen MR) is 123 cm³/mol. The van der Waals surface area contributed by atoms with Crippen LogP contribution in [0.3, 0.4) is 0 Å². The number of aromatic nitrogens is 2. The van der Waals surface area contributed by atoms with Gasteiger partial charge in [-0.1, -0.05) is 17.7 Å². The SMILES string of the molecule is CNc1cc(Cl)c(-c2nc3cc(C)ccc3n2CC2CN(C)CCO2)c(F)c1OCC=O. The van der Waals surface area contributed by atoms with Crippen LogP contribution in [0, 0.1) is 12.7 Å². The van der Waals surface area contributed by atoms with Crippen LogP contribution in [0.25, 0.3) is 22.4 Å². The first-order valence-electron chi connectivity index (χ1n) is 10.5. The van der Waals surface area contributed by atoms with Crippen molar-refractivity contribution in [2.75, 3.05) is 45.7 Å². The number of rotatable bonds is 7. The lowest BCUT2D eigenvalue weighted by Gasteiger charge is -2.30. The van der Waals surface area contributed by atoms with Crippen LogP contribution in [0.4, 0.5) is 10.1 Å². The number of benzene rings is 2. The minimum atomic E-state index is -0.668. The Bertz CT molecular complexity index is 1150. The zero-order chi connectivity index (χ0) is 22.8. The van der Waals surface area contributed by atoms with E-state index < -0.39 is 5.82 Å². The van der Waals surface area contributed by atoms with E-state index in [0.29, 0.717) is 30.9 Å². The van der Waals surface area contributed by atoms with Gasteiger partial charge in [0.25, 0.3) is 0 Å². The number of imidazole rings is 1. The minimum absolute atomic E-state index is 0.0672. The maximum atomic E-state index is 15.8. The van der Waals surface area contributed by atoms with E-state index in [1.54, 1.807) is 13.1 Å². The second-order valence-corrected chi connectivity index (χ2v) is 8.35. The van der Waals surface area contributed by atoms with E-state index in [2.05, 4.69) is 17.3 Å². The Morgan fingerprint density at radius 2 is 2.22 bits per heavy atom. The number of carbonyl (C=O) groups excluding carboxylic acids is 1. The van der Waals surface area contributed by atoms with Gasteiger partial charge >= 0.3 is 0 Å². The summed E-state index contributed by atoms with van der Waals surface area (Å²) in [7, 11) is 3.68. The number of carbonyl (C=O) groups is 1. The third-order valence-corrected chi connectivity index (χ3v) is 5.89. The highest BCUT2D eigenvalue weighted by molar-refractivity contribution is 6.33. The molecule has 1 fully saturated rings. The molecule has 2 heterocycles. The zero-order valence-corrected chi connectivity index (χ0v) is 19.1. The fourth-order valence-electron chi connectivity index (χ4n) is 4.05. The highest BCUT2D eigenvalue weighted by Gasteiger charge is 2.27. The van der Waals surface area contributed by atoms with Gasteiger partial charge in [0, 0.05) is 20.1 Å². The molecule has 4 rings (SSSR count). The molecule has 1 aliphatic heterocycles. The third-order valence-electron chi connectivity index (χ3n) is 5.59. The number of ether oxygens (including phenoxy) is 2. The third kappa shape index (κ3) is 4.30. The van der Waals surface area contributed by atoms with Crippen molar-refractivity contribution >= 4 is 34.6 Å². The molecule has 1 unspecified atom stereocenters. The topological polar surface area (TPSA) is 68.6 Å². The number of aryl methyl sites for hydroxylation is 1. The molecule has 2 aromatic carbocycles. The molecule has 0 bridgehead atoms. The molecule has 32 heavy (non-hydrogen) atoms. The molecule has 0 spiro atoms. The molecule has 0 saturated carbocycles. The first-order valence-corrected chi connectivity index (χ1v) is 10.8. The first-order chi connectivity index (χ1) is 15.4.